The molecule has 0 spiro atoms. The van der Waals surface area contributed by atoms with Crippen LogP contribution in [-0.4, -0.2) is 65.7 Å². The Morgan fingerprint density at radius 3 is 2.40 bits per heavy atom. The molecule has 1 saturated carbocycles. The Bertz CT molecular complexity index is 759. The molecule has 1 aromatic rings. The van der Waals surface area contributed by atoms with E-state index < -0.39 is 10.0 Å². The molecule has 0 unspecified atom stereocenters. The molecule has 2 heterocycles. The van der Waals surface area contributed by atoms with Gasteiger partial charge in [-0.1, -0.05) is 0 Å². The maximum Gasteiger partial charge on any atom is 0.274 e. The maximum absolute atomic E-state index is 12.9. The van der Waals surface area contributed by atoms with Gasteiger partial charge in [0.25, 0.3) is 5.91 Å². The van der Waals surface area contributed by atoms with E-state index in [1.807, 2.05) is 10.7 Å². The highest BCUT2D eigenvalue weighted by molar-refractivity contribution is 7.88. The number of carbonyl (C=O) groups is 1. The molecule has 0 bridgehead atoms. The third-order valence-corrected chi connectivity index (χ3v) is 6.10. The number of sulfonamides is 1. The average Bonchev–Trinajstić information content (AvgIpc) is 3.27. The third kappa shape index (κ3) is 4.06. The minimum atomic E-state index is -3.21. The first-order chi connectivity index (χ1) is 11.6. The first kappa shape index (κ1) is 18.4. The fourth-order valence-electron chi connectivity index (χ4n) is 3.30. The summed E-state index contributed by atoms with van der Waals surface area (Å²) in [6.45, 7) is 8.06. The van der Waals surface area contributed by atoms with Crippen LogP contribution in [0.4, 0.5) is 0 Å². The van der Waals surface area contributed by atoms with Crippen molar-refractivity contribution < 1.29 is 13.2 Å². The highest BCUT2D eigenvalue weighted by atomic mass is 32.2. The topological polar surface area (TPSA) is 75.5 Å². The second kappa shape index (κ2) is 6.39. The number of carbonyl (C=O) groups excluding carboxylic acids is 1. The predicted octanol–water partition coefficient (Wildman–Crippen LogP) is 1.62. The van der Waals surface area contributed by atoms with Crippen molar-refractivity contribution in [3.8, 4) is 0 Å². The van der Waals surface area contributed by atoms with E-state index in [-0.39, 0.29) is 11.4 Å². The van der Waals surface area contributed by atoms with Crippen LogP contribution in [0.25, 0.3) is 0 Å². The van der Waals surface area contributed by atoms with Crippen LogP contribution >= 0.6 is 0 Å². The standard InChI is InChI=1S/C17H28N4O3S/c1-17(2,3)21-15(13-6-7-13)12-14(18-21)16(22)19-8-5-9-20(11-10-19)25(4,23)24/h12-13H,5-11H2,1-4H3. The van der Waals surface area contributed by atoms with Crippen LogP contribution in [-0.2, 0) is 15.6 Å². The minimum absolute atomic E-state index is 0.0970. The van der Waals surface area contributed by atoms with E-state index in [1.165, 1.54) is 10.6 Å². The van der Waals surface area contributed by atoms with E-state index in [4.69, 9.17) is 0 Å². The Kier molecular flexibility index (Phi) is 4.70. The normalized spacial score (nSPS) is 20.6. The Balaban J connectivity index is 1.79. The van der Waals surface area contributed by atoms with E-state index in [0.717, 1.165) is 18.5 Å². The molecule has 3 rings (SSSR count). The van der Waals surface area contributed by atoms with Gasteiger partial charge in [-0.2, -0.15) is 5.10 Å². The smallest absolute Gasteiger partial charge is 0.274 e. The van der Waals surface area contributed by atoms with Gasteiger partial charge in [0.2, 0.25) is 10.0 Å². The molecule has 1 aliphatic heterocycles. The van der Waals surface area contributed by atoms with E-state index in [9.17, 15) is 13.2 Å². The molecule has 2 fully saturated rings. The number of amides is 1. The molecule has 0 N–H and O–H groups in total. The molecule has 1 saturated heterocycles. The monoisotopic (exact) mass is 368 g/mol. The van der Waals surface area contributed by atoms with Crippen molar-refractivity contribution in [3.05, 3.63) is 17.5 Å². The zero-order valence-electron chi connectivity index (χ0n) is 15.5. The summed E-state index contributed by atoms with van der Waals surface area (Å²) in [4.78, 5) is 14.7. The van der Waals surface area contributed by atoms with Crippen molar-refractivity contribution in [2.24, 2.45) is 0 Å². The summed E-state index contributed by atoms with van der Waals surface area (Å²) in [6.07, 6.45) is 4.18. The van der Waals surface area contributed by atoms with Gasteiger partial charge in [-0.05, 0) is 46.1 Å². The van der Waals surface area contributed by atoms with Crippen LogP contribution in [0.2, 0.25) is 0 Å². The molecule has 0 radical (unpaired) electrons. The predicted molar refractivity (Wildman–Crippen MR) is 96.1 cm³/mol. The van der Waals surface area contributed by atoms with E-state index in [0.29, 0.717) is 44.2 Å². The van der Waals surface area contributed by atoms with E-state index >= 15 is 0 Å². The summed E-state index contributed by atoms with van der Waals surface area (Å²) in [5.74, 6) is 0.415. The highest BCUT2D eigenvalue weighted by Gasteiger charge is 2.34. The van der Waals surface area contributed by atoms with Gasteiger partial charge in [0, 0.05) is 37.8 Å². The lowest BCUT2D eigenvalue weighted by Crippen LogP contribution is -2.37. The van der Waals surface area contributed by atoms with Crippen molar-refractivity contribution in [1.82, 2.24) is 19.0 Å². The number of aromatic nitrogens is 2. The van der Waals surface area contributed by atoms with Gasteiger partial charge in [0.1, 0.15) is 0 Å². The summed E-state index contributed by atoms with van der Waals surface area (Å²) in [5, 5.41) is 4.61. The van der Waals surface area contributed by atoms with E-state index in [1.54, 1.807) is 4.90 Å². The fourth-order valence-corrected chi connectivity index (χ4v) is 4.17. The molecule has 0 atom stereocenters. The summed E-state index contributed by atoms with van der Waals surface area (Å²) in [6, 6.07) is 1.93. The van der Waals surface area contributed by atoms with Gasteiger partial charge < -0.3 is 4.90 Å². The van der Waals surface area contributed by atoms with Crippen molar-refractivity contribution in [2.75, 3.05) is 32.4 Å². The van der Waals surface area contributed by atoms with Crippen LogP contribution in [0.3, 0.4) is 0 Å². The molecule has 2 aliphatic rings. The molecule has 8 heteroatoms. The molecular weight excluding hydrogens is 340 g/mol. The maximum atomic E-state index is 12.9. The lowest BCUT2D eigenvalue weighted by atomic mass is 10.1. The summed E-state index contributed by atoms with van der Waals surface area (Å²) >= 11 is 0. The van der Waals surface area contributed by atoms with Crippen LogP contribution in [0.5, 0.6) is 0 Å². The lowest BCUT2D eigenvalue weighted by molar-refractivity contribution is 0.0756. The van der Waals surface area contributed by atoms with Crippen LogP contribution in [0.15, 0.2) is 6.07 Å². The van der Waals surface area contributed by atoms with Gasteiger partial charge in [0.05, 0.1) is 11.8 Å². The Hall–Kier alpha value is -1.41. The Morgan fingerprint density at radius 1 is 1.16 bits per heavy atom. The van der Waals surface area contributed by atoms with Crippen molar-refractivity contribution in [3.63, 3.8) is 0 Å². The number of nitrogens with zero attached hydrogens (tertiary/aromatic N) is 4. The van der Waals surface area contributed by atoms with Crippen LogP contribution in [0, 0.1) is 0 Å². The summed E-state index contributed by atoms with van der Waals surface area (Å²) in [7, 11) is -3.21. The van der Waals surface area contributed by atoms with Gasteiger partial charge >= 0.3 is 0 Å². The molecular formula is C17H28N4O3S. The lowest BCUT2D eigenvalue weighted by Gasteiger charge is -2.22. The Labute approximate surface area is 150 Å². The minimum Gasteiger partial charge on any atom is -0.336 e. The molecule has 25 heavy (non-hydrogen) atoms. The molecule has 7 nitrogen and oxygen atoms in total. The average molecular weight is 369 g/mol. The second-order valence-corrected chi connectivity index (χ2v) is 10.1. The van der Waals surface area contributed by atoms with Gasteiger partial charge in [-0.25, -0.2) is 12.7 Å². The molecule has 140 valence electrons. The first-order valence-electron chi connectivity index (χ1n) is 8.92. The second-order valence-electron chi connectivity index (χ2n) is 8.12. The zero-order valence-corrected chi connectivity index (χ0v) is 16.3. The zero-order chi connectivity index (χ0) is 18.4. The molecule has 0 aromatic carbocycles. The van der Waals surface area contributed by atoms with Gasteiger partial charge in [-0.15, -0.1) is 0 Å². The molecule has 1 aromatic heterocycles. The SMILES string of the molecule is CC(C)(C)n1nc(C(=O)N2CCCN(S(C)(=O)=O)CC2)cc1C1CC1. The quantitative estimate of drug-likeness (QED) is 0.812. The summed E-state index contributed by atoms with van der Waals surface area (Å²) in [5.41, 5.74) is 1.45. The Morgan fingerprint density at radius 2 is 1.84 bits per heavy atom. The first-order valence-corrected chi connectivity index (χ1v) is 10.8. The molecule has 1 aliphatic carbocycles. The van der Waals surface area contributed by atoms with Crippen molar-refractivity contribution >= 4 is 15.9 Å². The third-order valence-electron chi connectivity index (χ3n) is 4.80. The van der Waals surface area contributed by atoms with Crippen LogP contribution < -0.4 is 0 Å². The molecule has 1 amide bonds. The van der Waals surface area contributed by atoms with Gasteiger partial charge in [-0.3, -0.25) is 9.48 Å². The largest absolute Gasteiger partial charge is 0.336 e. The van der Waals surface area contributed by atoms with E-state index in [2.05, 4.69) is 25.9 Å². The number of hydrogen-bond acceptors (Lipinski definition) is 4. The number of rotatable bonds is 3. The fraction of sp³-hybridized carbons (Fsp3) is 0.765. The summed E-state index contributed by atoms with van der Waals surface area (Å²) < 4.78 is 26.9. The highest BCUT2D eigenvalue weighted by Crippen LogP contribution is 2.41. The number of hydrogen-bond donors (Lipinski definition) is 0. The van der Waals surface area contributed by atoms with Crippen molar-refractivity contribution in [2.45, 2.75) is 51.5 Å². The van der Waals surface area contributed by atoms with Crippen molar-refractivity contribution in [1.29, 1.82) is 0 Å². The van der Waals surface area contributed by atoms with Crippen LogP contribution in [0.1, 0.15) is 62.1 Å². The van der Waals surface area contributed by atoms with Gasteiger partial charge in [0.15, 0.2) is 5.69 Å².